The first-order valence-electron chi connectivity index (χ1n) is 7.84. The Morgan fingerprint density at radius 2 is 2.13 bits per heavy atom. The van der Waals surface area contributed by atoms with Gasteiger partial charge < -0.3 is 10.4 Å². The quantitative estimate of drug-likeness (QED) is 0.903. The van der Waals surface area contributed by atoms with E-state index in [1.54, 1.807) is 6.07 Å². The maximum absolute atomic E-state index is 11.0. The van der Waals surface area contributed by atoms with Gasteiger partial charge in [-0.3, -0.25) is 9.69 Å². The molecule has 2 aromatic rings. The summed E-state index contributed by atoms with van der Waals surface area (Å²) in [6.45, 7) is 4.37. The smallest absolute Gasteiger partial charge is 0.223 e. The van der Waals surface area contributed by atoms with Crippen LogP contribution >= 0.6 is 11.3 Å². The summed E-state index contributed by atoms with van der Waals surface area (Å²) in [5.41, 5.74) is 1.07. The number of hydrogen-bond donors (Lipinski definition) is 2. The molecule has 0 unspecified atom stereocenters. The molecule has 2 N–H and O–H groups in total. The van der Waals surface area contributed by atoms with Crippen molar-refractivity contribution in [2.45, 2.75) is 32.2 Å². The van der Waals surface area contributed by atoms with Gasteiger partial charge in [0, 0.05) is 24.5 Å². The van der Waals surface area contributed by atoms with Gasteiger partial charge in [0.1, 0.15) is 5.75 Å². The van der Waals surface area contributed by atoms with Crippen LogP contribution in [0.3, 0.4) is 0 Å². The number of amides is 1. The fourth-order valence-corrected chi connectivity index (χ4v) is 3.95. The summed E-state index contributed by atoms with van der Waals surface area (Å²) >= 11 is 1.53. The lowest BCUT2D eigenvalue weighted by atomic mass is 9.89. The Balaban J connectivity index is 1.54. The molecule has 23 heavy (non-hydrogen) atoms. The number of piperidine rings is 1. The van der Waals surface area contributed by atoms with Crippen LogP contribution in [-0.2, 0) is 11.3 Å². The Morgan fingerprint density at radius 1 is 1.39 bits per heavy atom. The van der Waals surface area contributed by atoms with Gasteiger partial charge >= 0.3 is 0 Å². The van der Waals surface area contributed by atoms with Gasteiger partial charge in [0.15, 0.2) is 5.13 Å². The molecule has 1 amide bonds. The Labute approximate surface area is 140 Å². The molecule has 1 aromatic carbocycles. The zero-order valence-corrected chi connectivity index (χ0v) is 14.0. The number of thiazole rings is 1. The fraction of sp³-hybridized carbons (Fsp3) is 0.412. The number of carbonyl (C=O) groups is 1. The molecule has 3 rings (SSSR count). The van der Waals surface area contributed by atoms with Crippen molar-refractivity contribution in [1.29, 1.82) is 0 Å². The van der Waals surface area contributed by atoms with Crippen LogP contribution in [0.5, 0.6) is 5.75 Å². The van der Waals surface area contributed by atoms with Crippen molar-refractivity contribution in [2.24, 2.45) is 0 Å². The number of benzene rings is 1. The third-order valence-corrected chi connectivity index (χ3v) is 5.08. The number of para-hydroxylation sites is 1. The van der Waals surface area contributed by atoms with Crippen molar-refractivity contribution in [3.63, 3.8) is 0 Å². The number of aromatic nitrogens is 1. The summed E-state index contributed by atoms with van der Waals surface area (Å²) in [4.78, 5) is 18.8. The minimum atomic E-state index is -0.0885. The highest BCUT2D eigenvalue weighted by Crippen LogP contribution is 2.34. The van der Waals surface area contributed by atoms with E-state index >= 15 is 0 Å². The molecule has 0 spiro atoms. The maximum atomic E-state index is 11.0. The van der Waals surface area contributed by atoms with E-state index < -0.39 is 0 Å². The molecule has 122 valence electrons. The van der Waals surface area contributed by atoms with Crippen LogP contribution in [0.25, 0.3) is 0 Å². The Kier molecular flexibility index (Phi) is 4.93. The molecule has 5 nitrogen and oxygen atoms in total. The van der Waals surface area contributed by atoms with Crippen molar-refractivity contribution in [3.8, 4) is 5.75 Å². The number of carbonyl (C=O) groups excluding carboxylic acids is 1. The first-order valence-corrected chi connectivity index (χ1v) is 8.66. The molecule has 0 atom stereocenters. The molecule has 1 fully saturated rings. The number of hydrogen-bond acceptors (Lipinski definition) is 5. The summed E-state index contributed by atoms with van der Waals surface area (Å²) in [7, 11) is 0. The van der Waals surface area contributed by atoms with Crippen LogP contribution in [0.15, 0.2) is 30.5 Å². The highest BCUT2D eigenvalue weighted by molar-refractivity contribution is 7.15. The second-order valence-electron chi connectivity index (χ2n) is 5.92. The topological polar surface area (TPSA) is 65.5 Å². The molecule has 2 heterocycles. The van der Waals surface area contributed by atoms with E-state index in [9.17, 15) is 9.90 Å². The zero-order chi connectivity index (χ0) is 16.2. The van der Waals surface area contributed by atoms with Crippen molar-refractivity contribution in [3.05, 3.63) is 40.9 Å². The number of aromatic hydroxyl groups is 1. The largest absolute Gasteiger partial charge is 0.508 e. The van der Waals surface area contributed by atoms with E-state index in [1.165, 1.54) is 18.3 Å². The number of anilines is 1. The Morgan fingerprint density at radius 3 is 2.83 bits per heavy atom. The van der Waals surface area contributed by atoms with Crippen molar-refractivity contribution < 1.29 is 9.90 Å². The summed E-state index contributed by atoms with van der Waals surface area (Å²) in [5.74, 6) is 0.756. The molecule has 1 saturated heterocycles. The molecule has 1 aromatic heterocycles. The van der Waals surface area contributed by atoms with Gasteiger partial charge in [0.05, 0.1) is 0 Å². The first kappa shape index (κ1) is 16.0. The predicted molar refractivity (Wildman–Crippen MR) is 91.8 cm³/mol. The van der Waals surface area contributed by atoms with Gasteiger partial charge in [-0.1, -0.05) is 18.2 Å². The van der Waals surface area contributed by atoms with E-state index in [1.807, 2.05) is 24.4 Å². The van der Waals surface area contributed by atoms with E-state index in [0.29, 0.717) is 16.8 Å². The normalized spacial score (nSPS) is 16.4. The fourth-order valence-electron chi connectivity index (χ4n) is 3.04. The summed E-state index contributed by atoms with van der Waals surface area (Å²) in [6.07, 6.45) is 3.94. The molecule has 0 saturated carbocycles. The molecule has 0 aliphatic carbocycles. The van der Waals surface area contributed by atoms with Crippen LogP contribution < -0.4 is 5.32 Å². The Bertz CT molecular complexity index is 678. The number of nitrogens with one attached hydrogen (secondary N) is 1. The SMILES string of the molecule is CC(=O)Nc1ncc(CN2CCC(c3ccccc3O)CC2)s1. The van der Waals surface area contributed by atoms with Crippen molar-refractivity contribution in [2.75, 3.05) is 18.4 Å². The average molecular weight is 331 g/mol. The maximum Gasteiger partial charge on any atom is 0.223 e. The Hall–Kier alpha value is -1.92. The van der Waals surface area contributed by atoms with Gasteiger partial charge in [0.25, 0.3) is 0 Å². The van der Waals surface area contributed by atoms with Crippen LogP contribution in [0.4, 0.5) is 5.13 Å². The number of phenolic OH excluding ortho intramolecular Hbond substituents is 1. The summed E-state index contributed by atoms with van der Waals surface area (Å²) < 4.78 is 0. The van der Waals surface area contributed by atoms with E-state index in [4.69, 9.17) is 0 Å². The molecule has 6 heteroatoms. The number of phenols is 1. The van der Waals surface area contributed by atoms with Crippen LogP contribution in [0, 0.1) is 0 Å². The second-order valence-corrected chi connectivity index (χ2v) is 7.04. The zero-order valence-electron chi connectivity index (χ0n) is 13.2. The van der Waals surface area contributed by atoms with E-state index in [-0.39, 0.29) is 5.91 Å². The lowest BCUT2D eigenvalue weighted by molar-refractivity contribution is -0.114. The van der Waals surface area contributed by atoms with Crippen LogP contribution in [0.1, 0.15) is 36.1 Å². The monoisotopic (exact) mass is 331 g/mol. The van der Waals surface area contributed by atoms with Gasteiger partial charge in [-0.05, 0) is 43.5 Å². The molecule has 0 bridgehead atoms. The van der Waals surface area contributed by atoms with Gasteiger partial charge in [-0.2, -0.15) is 0 Å². The van der Waals surface area contributed by atoms with Crippen molar-refractivity contribution in [1.82, 2.24) is 9.88 Å². The number of nitrogens with zero attached hydrogens (tertiary/aromatic N) is 2. The molecule has 1 aliphatic heterocycles. The van der Waals surface area contributed by atoms with Crippen molar-refractivity contribution >= 4 is 22.4 Å². The van der Waals surface area contributed by atoms with Crippen LogP contribution in [-0.4, -0.2) is 34.0 Å². The summed E-state index contributed by atoms with van der Waals surface area (Å²) in [5, 5.41) is 13.4. The lowest BCUT2D eigenvalue weighted by Crippen LogP contribution is -2.32. The lowest BCUT2D eigenvalue weighted by Gasteiger charge is -2.32. The molecule has 0 radical (unpaired) electrons. The molecular formula is C17H21N3O2S. The first-order chi connectivity index (χ1) is 11.1. The molecule has 1 aliphatic rings. The third kappa shape index (κ3) is 4.09. The van der Waals surface area contributed by atoms with E-state index in [2.05, 4.69) is 15.2 Å². The minimum Gasteiger partial charge on any atom is -0.508 e. The third-order valence-electron chi connectivity index (χ3n) is 4.18. The van der Waals surface area contributed by atoms with Gasteiger partial charge in [-0.25, -0.2) is 4.98 Å². The highest BCUT2D eigenvalue weighted by Gasteiger charge is 2.22. The minimum absolute atomic E-state index is 0.0885. The molecular weight excluding hydrogens is 310 g/mol. The standard InChI is InChI=1S/C17H21N3O2S/c1-12(21)19-17-18-10-14(23-17)11-20-8-6-13(7-9-20)15-4-2-3-5-16(15)22/h2-5,10,13,22H,6-9,11H2,1H3,(H,18,19,21). The highest BCUT2D eigenvalue weighted by atomic mass is 32.1. The number of rotatable bonds is 4. The average Bonchev–Trinajstić information content (AvgIpc) is 2.95. The van der Waals surface area contributed by atoms with Gasteiger partial charge in [-0.15, -0.1) is 11.3 Å². The second kappa shape index (κ2) is 7.10. The van der Waals surface area contributed by atoms with E-state index in [0.717, 1.165) is 42.9 Å². The van der Waals surface area contributed by atoms with Gasteiger partial charge in [0.2, 0.25) is 5.91 Å². The summed E-state index contributed by atoms with van der Waals surface area (Å²) in [6, 6.07) is 7.65. The predicted octanol–water partition coefficient (Wildman–Crippen LogP) is 3.19. The van der Waals surface area contributed by atoms with Crippen LogP contribution in [0.2, 0.25) is 0 Å². The number of likely N-dealkylation sites (tertiary alicyclic amines) is 1.